The average Bonchev–Trinajstić information content (AvgIpc) is 3.26. The third-order valence-electron chi connectivity index (χ3n) is 7.09. The van der Waals surface area contributed by atoms with E-state index in [0.29, 0.717) is 32.7 Å². The summed E-state index contributed by atoms with van der Waals surface area (Å²) in [4.78, 5) is 33.6. The van der Waals surface area contributed by atoms with Crippen molar-refractivity contribution >= 4 is 44.9 Å². The average molecular weight is 552 g/mol. The number of nitrogens with zero attached hydrogens (tertiary/aromatic N) is 2. The van der Waals surface area contributed by atoms with Crippen LogP contribution in [0.4, 0.5) is 10.1 Å². The zero-order valence-corrected chi connectivity index (χ0v) is 23.5. The second-order valence-electron chi connectivity index (χ2n) is 10.5. The summed E-state index contributed by atoms with van der Waals surface area (Å²) in [5, 5.41) is 3.69. The SMILES string of the molecule is COc1ccc(-n2c(SCC(=O)Nc3ccccc3F)nc3sc4c(c3c2=O)CCC(C(C)(C)C)C4)cc1. The first-order valence-corrected chi connectivity index (χ1v) is 14.3. The standard InChI is InChI=1S/C29H30FN3O3S2/c1-29(2,3)17-9-14-20-23(15-17)38-26-25(20)27(35)33(18-10-12-19(36-4)13-11-18)28(32-26)37-16-24(34)31-22-8-6-5-7-21(22)30/h5-8,10-13,17H,9,14-16H2,1-4H3,(H,31,34). The lowest BCUT2D eigenvalue weighted by atomic mass is 9.72. The molecule has 2 aromatic heterocycles. The van der Waals surface area contributed by atoms with Gasteiger partial charge in [-0.1, -0.05) is 44.7 Å². The molecule has 0 saturated carbocycles. The smallest absolute Gasteiger partial charge is 0.267 e. The lowest BCUT2D eigenvalue weighted by molar-refractivity contribution is -0.113. The number of anilines is 1. The highest BCUT2D eigenvalue weighted by Crippen LogP contribution is 2.42. The van der Waals surface area contributed by atoms with E-state index < -0.39 is 5.82 Å². The van der Waals surface area contributed by atoms with Gasteiger partial charge in [0, 0.05) is 4.88 Å². The maximum Gasteiger partial charge on any atom is 0.267 e. The lowest BCUT2D eigenvalue weighted by Crippen LogP contribution is -2.27. The number of thiophene rings is 1. The molecule has 2 aromatic carbocycles. The molecule has 9 heteroatoms. The van der Waals surface area contributed by atoms with Crippen LogP contribution in [0.25, 0.3) is 15.9 Å². The summed E-state index contributed by atoms with van der Waals surface area (Å²) in [6.07, 6.45) is 2.83. The van der Waals surface area contributed by atoms with Gasteiger partial charge in [0.25, 0.3) is 5.56 Å². The number of benzene rings is 2. The summed E-state index contributed by atoms with van der Waals surface area (Å²) in [6.45, 7) is 6.81. The monoisotopic (exact) mass is 551 g/mol. The van der Waals surface area contributed by atoms with Crippen LogP contribution in [-0.2, 0) is 17.6 Å². The van der Waals surface area contributed by atoms with Gasteiger partial charge in [-0.25, -0.2) is 9.37 Å². The van der Waals surface area contributed by atoms with Gasteiger partial charge in [-0.2, -0.15) is 0 Å². The molecule has 2 heterocycles. The van der Waals surface area contributed by atoms with Gasteiger partial charge in [-0.3, -0.25) is 14.2 Å². The van der Waals surface area contributed by atoms with Gasteiger partial charge in [0.15, 0.2) is 5.16 Å². The van der Waals surface area contributed by atoms with E-state index in [4.69, 9.17) is 9.72 Å². The van der Waals surface area contributed by atoms with Crippen LogP contribution >= 0.6 is 23.1 Å². The van der Waals surface area contributed by atoms with Crippen molar-refractivity contribution in [3.05, 3.63) is 75.1 Å². The Kier molecular flexibility index (Phi) is 7.33. The normalized spacial score (nSPS) is 15.3. The number of para-hydroxylation sites is 1. The first kappa shape index (κ1) is 26.4. The zero-order valence-electron chi connectivity index (χ0n) is 21.8. The Morgan fingerprint density at radius 2 is 1.95 bits per heavy atom. The second-order valence-corrected chi connectivity index (χ2v) is 12.6. The van der Waals surface area contributed by atoms with E-state index in [1.165, 1.54) is 17.0 Å². The number of aryl methyl sites for hydroxylation is 1. The highest BCUT2D eigenvalue weighted by atomic mass is 32.2. The Morgan fingerprint density at radius 1 is 1.21 bits per heavy atom. The first-order chi connectivity index (χ1) is 18.2. The van der Waals surface area contributed by atoms with Crippen LogP contribution in [0.5, 0.6) is 5.75 Å². The molecule has 5 rings (SSSR count). The molecule has 0 aliphatic heterocycles. The Balaban J connectivity index is 1.54. The fourth-order valence-corrected chi connectivity index (χ4v) is 7.03. The van der Waals surface area contributed by atoms with Crippen LogP contribution in [0.1, 0.15) is 37.6 Å². The predicted octanol–water partition coefficient (Wildman–Crippen LogP) is 6.48. The molecule has 38 heavy (non-hydrogen) atoms. The molecule has 1 atom stereocenters. The maximum atomic E-state index is 14.0. The number of hydrogen-bond donors (Lipinski definition) is 1. The van der Waals surface area contributed by atoms with Gasteiger partial charge in [0.2, 0.25) is 5.91 Å². The summed E-state index contributed by atoms with van der Waals surface area (Å²) in [5.74, 6) is 0.310. The molecular formula is C29H30FN3O3S2. The van der Waals surface area contributed by atoms with E-state index in [1.54, 1.807) is 47.3 Å². The molecule has 4 aromatic rings. The van der Waals surface area contributed by atoms with Crippen molar-refractivity contribution in [1.82, 2.24) is 9.55 Å². The summed E-state index contributed by atoms with van der Waals surface area (Å²) in [6, 6.07) is 13.2. The molecule has 0 spiro atoms. The third kappa shape index (κ3) is 5.22. The van der Waals surface area contributed by atoms with E-state index in [1.807, 2.05) is 12.1 Å². The highest BCUT2D eigenvalue weighted by Gasteiger charge is 2.32. The quantitative estimate of drug-likeness (QED) is 0.219. The molecule has 0 saturated heterocycles. The summed E-state index contributed by atoms with van der Waals surface area (Å²) in [5.41, 5.74) is 1.93. The molecule has 0 fully saturated rings. The molecule has 198 valence electrons. The second kappa shape index (κ2) is 10.5. The van der Waals surface area contributed by atoms with Crippen LogP contribution in [0.15, 0.2) is 58.5 Å². The number of thioether (sulfide) groups is 1. The third-order valence-corrected chi connectivity index (χ3v) is 9.17. The number of halogens is 1. The van der Waals surface area contributed by atoms with Crippen LogP contribution in [0, 0.1) is 17.2 Å². The predicted molar refractivity (Wildman–Crippen MR) is 152 cm³/mol. The van der Waals surface area contributed by atoms with Gasteiger partial charge in [-0.05, 0) is 72.6 Å². The molecule has 0 radical (unpaired) electrons. The Labute approximate surface area is 229 Å². The van der Waals surface area contributed by atoms with Crippen molar-refractivity contribution in [3.8, 4) is 11.4 Å². The zero-order chi connectivity index (χ0) is 27.0. The van der Waals surface area contributed by atoms with Crippen LogP contribution < -0.4 is 15.6 Å². The number of amides is 1. The van der Waals surface area contributed by atoms with Crippen molar-refractivity contribution in [2.24, 2.45) is 11.3 Å². The molecule has 6 nitrogen and oxygen atoms in total. The van der Waals surface area contributed by atoms with Crippen molar-refractivity contribution in [3.63, 3.8) is 0 Å². The van der Waals surface area contributed by atoms with E-state index in [9.17, 15) is 14.0 Å². The number of carbonyl (C=O) groups excluding carboxylic acids is 1. The number of rotatable bonds is 6. The van der Waals surface area contributed by atoms with E-state index in [2.05, 4.69) is 26.1 Å². The largest absolute Gasteiger partial charge is 0.497 e. The number of ether oxygens (including phenoxy) is 1. The molecule has 0 bridgehead atoms. The van der Waals surface area contributed by atoms with E-state index >= 15 is 0 Å². The maximum absolute atomic E-state index is 14.0. The van der Waals surface area contributed by atoms with E-state index in [0.717, 1.165) is 36.6 Å². The summed E-state index contributed by atoms with van der Waals surface area (Å²) < 4.78 is 20.9. The Hall–Kier alpha value is -3.17. The highest BCUT2D eigenvalue weighted by molar-refractivity contribution is 7.99. The van der Waals surface area contributed by atoms with Crippen LogP contribution in [0.3, 0.4) is 0 Å². The minimum atomic E-state index is -0.502. The molecular weight excluding hydrogens is 521 g/mol. The van der Waals surface area contributed by atoms with Gasteiger partial charge >= 0.3 is 0 Å². The van der Waals surface area contributed by atoms with Gasteiger partial charge in [-0.15, -0.1) is 11.3 Å². The number of carbonyl (C=O) groups is 1. The number of methoxy groups -OCH3 is 1. The van der Waals surface area contributed by atoms with Gasteiger partial charge in [0.1, 0.15) is 16.4 Å². The minimum Gasteiger partial charge on any atom is -0.497 e. The molecule has 1 N–H and O–H groups in total. The fourth-order valence-electron chi connectivity index (χ4n) is 4.88. The molecule has 1 aliphatic rings. The summed E-state index contributed by atoms with van der Waals surface area (Å²) >= 11 is 2.75. The minimum absolute atomic E-state index is 0.0282. The molecule has 1 amide bonds. The Morgan fingerprint density at radius 3 is 2.63 bits per heavy atom. The molecule has 1 aliphatic carbocycles. The number of hydrogen-bond acceptors (Lipinski definition) is 6. The topological polar surface area (TPSA) is 73.2 Å². The van der Waals surface area contributed by atoms with Crippen LogP contribution in [0.2, 0.25) is 0 Å². The van der Waals surface area contributed by atoms with E-state index in [-0.39, 0.29) is 28.3 Å². The van der Waals surface area contributed by atoms with Crippen molar-refractivity contribution in [2.45, 2.75) is 45.2 Å². The number of nitrogens with one attached hydrogen (secondary N) is 1. The van der Waals surface area contributed by atoms with Gasteiger partial charge in [0.05, 0.1) is 29.6 Å². The molecule has 1 unspecified atom stereocenters. The van der Waals surface area contributed by atoms with Crippen molar-refractivity contribution in [2.75, 3.05) is 18.2 Å². The number of aromatic nitrogens is 2. The first-order valence-electron chi connectivity index (χ1n) is 12.5. The Bertz CT molecular complexity index is 1550. The number of fused-ring (bicyclic) bond motifs is 3. The van der Waals surface area contributed by atoms with Crippen molar-refractivity contribution < 1.29 is 13.9 Å². The van der Waals surface area contributed by atoms with Gasteiger partial charge < -0.3 is 10.1 Å². The van der Waals surface area contributed by atoms with Crippen LogP contribution in [-0.4, -0.2) is 28.3 Å². The van der Waals surface area contributed by atoms with Crippen molar-refractivity contribution in [1.29, 1.82) is 0 Å². The fraction of sp³-hybridized carbons (Fsp3) is 0.345. The summed E-state index contributed by atoms with van der Waals surface area (Å²) in [7, 11) is 1.59. The lowest BCUT2D eigenvalue weighted by Gasteiger charge is -2.33.